The van der Waals surface area contributed by atoms with Crippen LogP contribution >= 0.6 is 0 Å². The number of carbonyl (C=O) groups is 1. The zero-order valence-electron chi connectivity index (χ0n) is 20.9. The normalized spacial score (nSPS) is 12.2. The molecule has 4 rings (SSSR count). The second kappa shape index (κ2) is 10.0. The Kier molecular flexibility index (Phi) is 7.04. The van der Waals surface area contributed by atoms with E-state index in [1.807, 2.05) is 82.3 Å². The van der Waals surface area contributed by atoms with E-state index in [4.69, 9.17) is 4.74 Å². The number of aromatic nitrogens is 1. The van der Waals surface area contributed by atoms with E-state index in [1.54, 1.807) is 42.7 Å². The van der Waals surface area contributed by atoms with Crippen molar-refractivity contribution >= 4 is 33.1 Å². The van der Waals surface area contributed by atoms with Crippen molar-refractivity contribution in [2.24, 2.45) is 0 Å². The van der Waals surface area contributed by atoms with E-state index < -0.39 is 21.7 Å². The fourth-order valence-corrected chi connectivity index (χ4v) is 5.02. The number of fused-ring (bicyclic) bond motifs is 1. The number of hydrogen-bond donors (Lipinski definition) is 0. The Bertz CT molecular complexity index is 1500. The molecule has 0 unspecified atom stereocenters. The van der Waals surface area contributed by atoms with Crippen LogP contribution in [0.2, 0.25) is 0 Å². The number of benzene rings is 3. The van der Waals surface area contributed by atoms with Gasteiger partial charge in [0.05, 0.1) is 17.0 Å². The number of hydrogen-bond acceptors (Lipinski definition) is 4. The largest absolute Gasteiger partial charge is 0.443 e. The average molecular weight is 503 g/mol. The Labute approximate surface area is 212 Å². The van der Waals surface area contributed by atoms with Crippen LogP contribution in [0.3, 0.4) is 0 Å². The lowest BCUT2D eigenvalue weighted by molar-refractivity contribution is 0.0544. The van der Waals surface area contributed by atoms with Gasteiger partial charge in [-0.2, -0.15) is 0 Å². The molecule has 0 saturated heterocycles. The van der Waals surface area contributed by atoms with Gasteiger partial charge in [0, 0.05) is 17.8 Å². The summed E-state index contributed by atoms with van der Waals surface area (Å²) in [6.07, 6.45) is 4.59. The Morgan fingerprint density at radius 2 is 1.67 bits per heavy atom. The standard InChI is InChI=1S/C29H30N2O4S/c1-22-10-13-26(14-11-22)36(33,34)30(21-24-8-6-5-7-9-24)18-16-23-12-15-27-25(20-23)17-19-31(27)28(32)35-29(2,3)4/h5-20H,21H2,1-4H3/b18-16+. The molecule has 7 heteroatoms. The highest BCUT2D eigenvalue weighted by molar-refractivity contribution is 7.89. The molecule has 0 fully saturated rings. The summed E-state index contributed by atoms with van der Waals surface area (Å²) in [7, 11) is -3.77. The summed E-state index contributed by atoms with van der Waals surface area (Å²) in [5.74, 6) is 0. The summed E-state index contributed by atoms with van der Waals surface area (Å²) >= 11 is 0. The van der Waals surface area contributed by atoms with E-state index in [9.17, 15) is 13.2 Å². The molecule has 1 heterocycles. The molecule has 186 valence electrons. The van der Waals surface area contributed by atoms with Gasteiger partial charge >= 0.3 is 6.09 Å². The molecule has 0 aliphatic rings. The maximum atomic E-state index is 13.5. The molecule has 0 aliphatic heterocycles. The van der Waals surface area contributed by atoms with E-state index in [0.717, 1.165) is 27.6 Å². The Balaban J connectivity index is 1.65. The minimum atomic E-state index is -3.77. The molecular weight excluding hydrogens is 472 g/mol. The fraction of sp³-hybridized carbons (Fsp3) is 0.207. The summed E-state index contributed by atoms with van der Waals surface area (Å²) in [6.45, 7) is 7.59. The minimum absolute atomic E-state index is 0.199. The molecule has 36 heavy (non-hydrogen) atoms. The molecular formula is C29H30N2O4S. The first-order valence-electron chi connectivity index (χ1n) is 11.7. The minimum Gasteiger partial charge on any atom is -0.443 e. The highest BCUT2D eigenvalue weighted by Crippen LogP contribution is 2.23. The predicted octanol–water partition coefficient (Wildman–Crippen LogP) is 6.59. The van der Waals surface area contributed by atoms with Crippen molar-refractivity contribution in [1.82, 2.24) is 8.87 Å². The topological polar surface area (TPSA) is 68.6 Å². The number of carbonyl (C=O) groups excluding carboxylic acids is 1. The highest BCUT2D eigenvalue weighted by Gasteiger charge is 2.22. The van der Waals surface area contributed by atoms with Gasteiger partial charge < -0.3 is 4.74 Å². The van der Waals surface area contributed by atoms with Gasteiger partial charge in [-0.05, 0) is 75.2 Å². The molecule has 0 saturated carbocycles. The Hall–Kier alpha value is -3.84. The van der Waals surface area contributed by atoms with Gasteiger partial charge in [-0.3, -0.25) is 8.87 Å². The van der Waals surface area contributed by atoms with Gasteiger partial charge in [0.25, 0.3) is 10.0 Å². The van der Waals surface area contributed by atoms with E-state index in [0.29, 0.717) is 0 Å². The van der Waals surface area contributed by atoms with Crippen LogP contribution in [-0.2, 0) is 21.3 Å². The zero-order valence-corrected chi connectivity index (χ0v) is 21.7. The quantitative estimate of drug-likeness (QED) is 0.298. The molecule has 0 N–H and O–H groups in total. The van der Waals surface area contributed by atoms with Crippen LogP contribution in [-0.4, -0.2) is 29.0 Å². The maximum Gasteiger partial charge on any atom is 0.418 e. The summed E-state index contributed by atoms with van der Waals surface area (Å²) in [5.41, 5.74) is 2.80. The molecule has 0 radical (unpaired) electrons. The Morgan fingerprint density at radius 3 is 2.33 bits per heavy atom. The third-order valence-corrected chi connectivity index (χ3v) is 7.28. The van der Waals surface area contributed by atoms with Crippen molar-refractivity contribution in [1.29, 1.82) is 0 Å². The molecule has 4 aromatic rings. The van der Waals surface area contributed by atoms with E-state index in [2.05, 4.69) is 0 Å². The van der Waals surface area contributed by atoms with Gasteiger partial charge in [0.2, 0.25) is 0 Å². The highest BCUT2D eigenvalue weighted by atomic mass is 32.2. The molecule has 3 aromatic carbocycles. The summed E-state index contributed by atoms with van der Waals surface area (Å²) in [4.78, 5) is 12.8. The third kappa shape index (κ3) is 5.86. The van der Waals surface area contributed by atoms with Crippen molar-refractivity contribution in [3.63, 3.8) is 0 Å². The van der Waals surface area contributed by atoms with Gasteiger partial charge in [0.15, 0.2) is 0 Å². The van der Waals surface area contributed by atoms with E-state index in [1.165, 1.54) is 8.87 Å². The van der Waals surface area contributed by atoms with Gasteiger partial charge in [-0.1, -0.05) is 54.1 Å². The molecule has 0 aliphatic carbocycles. The summed E-state index contributed by atoms with van der Waals surface area (Å²) < 4.78 is 35.3. The van der Waals surface area contributed by atoms with Crippen LogP contribution in [0.1, 0.15) is 37.5 Å². The van der Waals surface area contributed by atoms with Crippen molar-refractivity contribution in [2.75, 3.05) is 0 Å². The van der Waals surface area contributed by atoms with Crippen molar-refractivity contribution in [3.8, 4) is 0 Å². The number of aryl methyl sites for hydroxylation is 1. The molecule has 0 spiro atoms. The lowest BCUT2D eigenvalue weighted by Crippen LogP contribution is -2.26. The summed E-state index contributed by atoms with van der Waals surface area (Å²) in [5, 5.41) is 0.846. The SMILES string of the molecule is Cc1ccc(S(=O)(=O)N(/C=C/c2ccc3c(ccn3C(=O)OC(C)(C)C)c2)Cc2ccccc2)cc1. The van der Waals surface area contributed by atoms with Crippen molar-refractivity contribution in [2.45, 2.75) is 44.7 Å². The van der Waals surface area contributed by atoms with Gasteiger partial charge in [-0.25, -0.2) is 13.2 Å². The molecule has 0 bridgehead atoms. The predicted molar refractivity (Wildman–Crippen MR) is 143 cm³/mol. The number of ether oxygens (including phenoxy) is 1. The average Bonchev–Trinajstić information content (AvgIpc) is 3.25. The number of rotatable bonds is 6. The molecule has 6 nitrogen and oxygen atoms in total. The van der Waals surface area contributed by atoms with Crippen molar-refractivity contribution in [3.05, 3.63) is 108 Å². The van der Waals surface area contributed by atoms with E-state index >= 15 is 0 Å². The smallest absolute Gasteiger partial charge is 0.418 e. The third-order valence-electron chi connectivity index (χ3n) is 5.55. The van der Waals surface area contributed by atoms with Crippen LogP contribution in [0.4, 0.5) is 4.79 Å². The second-order valence-corrected chi connectivity index (χ2v) is 11.5. The first-order valence-corrected chi connectivity index (χ1v) is 13.1. The number of sulfonamides is 1. The summed E-state index contributed by atoms with van der Waals surface area (Å²) in [6, 6.07) is 23.7. The van der Waals surface area contributed by atoms with Gasteiger partial charge in [0.1, 0.15) is 5.60 Å². The van der Waals surface area contributed by atoms with Crippen molar-refractivity contribution < 1.29 is 17.9 Å². The first-order chi connectivity index (χ1) is 17.0. The van der Waals surface area contributed by atoms with Crippen LogP contribution in [0.5, 0.6) is 0 Å². The fourth-order valence-electron chi connectivity index (χ4n) is 3.73. The van der Waals surface area contributed by atoms with E-state index in [-0.39, 0.29) is 11.4 Å². The maximum absolute atomic E-state index is 13.5. The molecule has 0 amide bonds. The van der Waals surface area contributed by atoms with Crippen LogP contribution < -0.4 is 0 Å². The van der Waals surface area contributed by atoms with Crippen LogP contribution in [0.15, 0.2) is 96.2 Å². The Morgan fingerprint density at radius 1 is 0.972 bits per heavy atom. The van der Waals surface area contributed by atoms with Crippen LogP contribution in [0.25, 0.3) is 17.0 Å². The zero-order chi connectivity index (χ0) is 25.9. The van der Waals surface area contributed by atoms with Crippen LogP contribution in [0, 0.1) is 6.92 Å². The van der Waals surface area contributed by atoms with Gasteiger partial charge in [-0.15, -0.1) is 0 Å². The molecule has 0 atom stereocenters. The lowest BCUT2D eigenvalue weighted by Gasteiger charge is -2.21. The number of nitrogens with zero attached hydrogens (tertiary/aromatic N) is 2. The first kappa shape index (κ1) is 25.3. The second-order valence-electron chi connectivity index (χ2n) is 9.65. The molecule has 1 aromatic heterocycles. The lowest BCUT2D eigenvalue weighted by atomic mass is 10.1. The monoisotopic (exact) mass is 502 g/mol.